The molecule has 0 radical (unpaired) electrons. The van der Waals surface area contributed by atoms with Crippen LogP contribution in [-0.4, -0.2) is 18.0 Å². The summed E-state index contributed by atoms with van der Waals surface area (Å²) in [6.45, 7) is 3.23. The van der Waals surface area contributed by atoms with Crippen molar-refractivity contribution in [1.82, 2.24) is 0 Å². The lowest BCUT2D eigenvalue weighted by Crippen LogP contribution is -2.53. The maximum absolute atomic E-state index is 11.8. The molecule has 0 N–H and O–H groups in total. The quantitative estimate of drug-likeness (QED) is 0.529. The third-order valence-electron chi connectivity index (χ3n) is 8.99. The SMILES string of the molecule is C1CC1.CCC12CCC3C4CCC(=O)C=C4CCC3C1CC[C@@]21C=CCO1. The summed E-state index contributed by atoms with van der Waals surface area (Å²) >= 11 is 0. The molecular formula is C25H36O2. The van der Waals surface area contributed by atoms with Gasteiger partial charge in [-0.25, -0.2) is 0 Å². The highest BCUT2D eigenvalue weighted by molar-refractivity contribution is 5.91. The van der Waals surface area contributed by atoms with Crippen LogP contribution in [0.5, 0.6) is 0 Å². The highest BCUT2D eigenvalue weighted by atomic mass is 16.5. The van der Waals surface area contributed by atoms with Gasteiger partial charge in [0.1, 0.15) is 0 Å². The standard InChI is InChI=1S/C22H30O2.C3H6/c1-2-21-11-8-18-17-7-5-16(23)14-15(17)4-6-19(18)20(21)9-12-22(21)10-3-13-24-22;1-2-3-1/h3,10,14,17-20H,2,4-9,11-13H2,1H3;1-3H2/t17?,18?,19?,20?,21?,22-;/m0./s1. The van der Waals surface area contributed by atoms with Gasteiger partial charge in [-0.05, 0) is 81.1 Å². The van der Waals surface area contributed by atoms with Gasteiger partial charge in [0.15, 0.2) is 5.78 Å². The lowest BCUT2D eigenvalue weighted by molar-refractivity contribution is -0.124. The molecule has 0 aromatic rings. The molecule has 5 aliphatic carbocycles. The van der Waals surface area contributed by atoms with E-state index in [-0.39, 0.29) is 5.60 Å². The van der Waals surface area contributed by atoms with Crippen molar-refractivity contribution < 1.29 is 9.53 Å². The van der Waals surface area contributed by atoms with E-state index < -0.39 is 0 Å². The zero-order valence-electron chi connectivity index (χ0n) is 17.1. The number of rotatable bonds is 1. The van der Waals surface area contributed by atoms with E-state index in [1.807, 2.05) is 6.08 Å². The monoisotopic (exact) mass is 368 g/mol. The van der Waals surface area contributed by atoms with Crippen LogP contribution in [0.25, 0.3) is 0 Å². The smallest absolute Gasteiger partial charge is 0.155 e. The second-order valence-electron chi connectivity index (χ2n) is 10.1. The highest BCUT2D eigenvalue weighted by Gasteiger charge is 2.64. The molecule has 0 aromatic carbocycles. The summed E-state index contributed by atoms with van der Waals surface area (Å²) in [4.78, 5) is 11.8. The molecule has 0 bridgehead atoms. The Morgan fingerprint density at radius 3 is 2.59 bits per heavy atom. The van der Waals surface area contributed by atoms with Crippen molar-refractivity contribution in [3.05, 3.63) is 23.8 Å². The van der Waals surface area contributed by atoms with Gasteiger partial charge in [-0.3, -0.25) is 4.79 Å². The van der Waals surface area contributed by atoms with Crippen LogP contribution in [0, 0.1) is 29.1 Å². The van der Waals surface area contributed by atoms with Crippen molar-refractivity contribution in [2.24, 2.45) is 29.1 Å². The van der Waals surface area contributed by atoms with Crippen molar-refractivity contribution in [3.8, 4) is 0 Å². The van der Waals surface area contributed by atoms with Crippen LogP contribution in [0.1, 0.15) is 84.0 Å². The lowest BCUT2D eigenvalue weighted by atomic mass is 9.49. The van der Waals surface area contributed by atoms with Crippen LogP contribution in [0.4, 0.5) is 0 Å². The zero-order valence-corrected chi connectivity index (χ0v) is 17.1. The van der Waals surface area contributed by atoms with E-state index in [4.69, 9.17) is 4.74 Å². The Morgan fingerprint density at radius 2 is 1.89 bits per heavy atom. The molecule has 6 aliphatic rings. The third kappa shape index (κ3) is 2.81. The molecule has 0 saturated heterocycles. The first kappa shape index (κ1) is 18.2. The molecule has 148 valence electrons. The van der Waals surface area contributed by atoms with Gasteiger partial charge in [-0.15, -0.1) is 0 Å². The predicted octanol–water partition coefficient (Wildman–Crippen LogP) is 6.01. The van der Waals surface area contributed by atoms with E-state index in [1.54, 1.807) is 0 Å². The van der Waals surface area contributed by atoms with E-state index in [0.29, 0.717) is 17.1 Å². The normalized spacial score (nSPS) is 46.9. The van der Waals surface area contributed by atoms with Crippen LogP contribution in [0.2, 0.25) is 0 Å². The maximum atomic E-state index is 11.8. The number of hydrogen-bond acceptors (Lipinski definition) is 2. The van der Waals surface area contributed by atoms with Crippen LogP contribution in [0.15, 0.2) is 23.8 Å². The van der Waals surface area contributed by atoms with Crippen LogP contribution >= 0.6 is 0 Å². The highest BCUT2D eigenvalue weighted by Crippen LogP contribution is 2.68. The molecule has 6 rings (SSSR count). The maximum Gasteiger partial charge on any atom is 0.155 e. The first-order valence-electron chi connectivity index (χ1n) is 11.7. The minimum absolute atomic E-state index is 0.0516. The lowest BCUT2D eigenvalue weighted by Gasteiger charge is -2.56. The van der Waals surface area contributed by atoms with Gasteiger partial charge in [0, 0.05) is 11.8 Å². The van der Waals surface area contributed by atoms with Gasteiger partial charge in [-0.1, -0.05) is 43.9 Å². The molecule has 27 heavy (non-hydrogen) atoms. The molecular weight excluding hydrogens is 332 g/mol. The summed E-state index contributed by atoms with van der Waals surface area (Å²) in [5.74, 6) is 3.63. The summed E-state index contributed by atoms with van der Waals surface area (Å²) < 4.78 is 6.40. The Kier molecular flexibility index (Phi) is 4.62. The van der Waals surface area contributed by atoms with Crippen LogP contribution in [0.3, 0.4) is 0 Å². The van der Waals surface area contributed by atoms with Gasteiger partial charge < -0.3 is 4.74 Å². The largest absolute Gasteiger partial charge is 0.366 e. The van der Waals surface area contributed by atoms with E-state index in [0.717, 1.165) is 37.2 Å². The minimum atomic E-state index is 0.0516. The fourth-order valence-electron chi connectivity index (χ4n) is 7.72. The fraction of sp³-hybridized carbons (Fsp3) is 0.800. The Bertz CT molecular complexity index is 656. The summed E-state index contributed by atoms with van der Waals surface area (Å²) in [5, 5.41) is 0. The van der Waals surface area contributed by atoms with Gasteiger partial charge >= 0.3 is 0 Å². The number of ether oxygens (including phenoxy) is 1. The van der Waals surface area contributed by atoms with E-state index >= 15 is 0 Å². The third-order valence-corrected chi connectivity index (χ3v) is 8.99. The number of hydrogen-bond donors (Lipinski definition) is 0. The average Bonchev–Trinajstić information content (AvgIpc) is 3.45. The molecule has 4 fully saturated rings. The van der Waals surface area contributed by atoms with Crippen LogP contribution < -0.4 is 0 Å². The van der Waals surface area contributed by atoms with Crippen LogP contribution in [-0.2, 0) is 9.53 Å². The molecule has 0 amide bonds. The summed E-state index contributed by atoms with van der Waals surface area (Å²) in [7, 11) is 0. The molecule has 2 heteroatoms. The summed E-state index contributed by atoms with van der Waals surface area (Å²) in [5.41, 5.74) is 1.93. The summed E-state index contributed by atoms with van der Waals surface area (Å²) in [6, 6.07) is 0. The Balaban J connectivity index is 0.000000489. The van der Waals surface area contributed by atoms with Gasteiger partial charge in [-0.2, -0.15) is 0 Å². The number of ketones is 1. The van der Waals surface area contributed by atoms with Gasteiger partial charge in [0.2, 0.25) is 0 Å². The first-order valence-corrected chi connectivity index (χ1v) is 11.7. The molecule has 5 unspecified atom stereocenters. The molecule has 2 nitrogen and oxygen atoms in total. The predicted molar refractivity (Wildman–Crippen MR) is 108 cm³/mol. The second kappa shape index (κ2) is 6.87. The minimum Gasteiger partial charge on any atom is -0.366 e. The second-order valence-corrected chi connectivity index (χ2v) is 10.1. The topological polar surface area (TPSA) is 26.3 Å². The van der Waals surface area contributed by atoms with Crippen molar-refractivity contribution >= 4 is 5.78 Å². The van der Waals surface area contributed by atoms with Crippen molar-refractivity contribution in [2.45, 2.75) is 89.6 Å². The molecule has 4 saturated carbocycles. The Morgan fingerprint density at radius 1 is 1.04 bits per heavy atom. The Labute approximate surface area is 164 Å². The van der Waals surface area contributed by atoms with Crippen molar-refractivity contribution in [3.63, 3.8) is 0 Å². The molecule has 1 aliphatic heterocycles. The fourth-order valence-corrected chi connectivity index (χ4v) is 7.72. The van der Waals surface area contributed by atoms with Gasteiger partial charge in [0.05, 0.1) is 12.2 Å². The van der Waals surface area contributed by atoms with E-state index in [1.165, 1.54) is 69.8 Å². The number of allylic oxidation sites excluding steroid dienone is 1. The Hall–Kier alpha value is -0.890. The first-order chi connectivity index (χ1) is 13.2. The number of fused-ring (bicyclic) bond motifs is 6. The van der Waals surface area contributed by atoms with E-state index in [9.17, 15) is 4.79 Å². The summed E-state index contributed by atoms with van der Waals surface area (Å²) in [6.07, 6.45) is 22.1. The van der Waals surface area contributed by atoms with E-state index in [2.05, 4.69) is 19.1 Å². The molecule has 1 spiro atoms. The van der Waals surface area contributed by atoms with Gasteiger partial charge in [0.25, 0.3) is 0 Å². The van der Waals surface area contributed by atoms with Crippen molar-refractivity contribution in [2.75, 3.05) is 6.61 Å². The number of carbonyl (C=O) groups excluding carboxylic acids is 1. The molecule has 1 heterocycles. The average molecular weight is 369 g/mol. The van der Waals surface area contributed by atoms with Crippen molar-refractivity contribution in [1.29, 1.82) is 0 Å². The molecule has 0 aromatic heterocycles. The number of carbonyl (C=O) groups is 1. The zero-order chi connectivity index (χ0) is 18.5. The molecule has 6 atom stereocenters.